The van der Waals surface area contributed by atoms with Gasteiger partial charge in [0.2, 0.25) is 0 Å². The van der Waals surface area contributed by atoms with Gasteiger partial charge in [0.05, 0.1) is 14.2 Å². The van der Waals surface area contributed by atoms with Gasteiger partial charge >= 0.3 is 8.80 Å². The van der Waals surface area contributed by atoms with Crippen LogP contribution in [0.25, 0.3) is 0 Å². The molecule has 0 unspecified atom stereocenters. The monoisotopic (exact) mass is 286 g/mol. The zero-order valence-electron chi connectivity index (χ0n) is 12.2. The summed E-state index contributed by atoms with van der Waals surface area (Å²) in [5.74, 6) is 1.57. The predicted molar refractivity (Wildman–Crippen MR) is 74.8 cm³/mol. The Hall–Kier alpha value is -1.08. The molecule has 0 saturated carbocycles. The molecule has 0 radical (unpaired) electrons. The van der Waals surface area contributed by atoms with Gasteiger partial charge < -0.3 is 22.8 Å². The summed E-state index contributed by atoms with van der Waals surface area (Å²) < 4.78 is 26.8. The summed E-state index contributed by atoms with van der Waals surface area (Å²) in [4.78, 5) is 0. The minimum Gasteiger partial charge on any atom is -0.497 e. The Bertz CT molecular complexity index is 384. The van der Waals surface area contributed by atoms with Crippen molar-refractivity contribution in [2.24, 2.45) is 0 Å². The average Bonchev–Trinajstić information content (AvgIpc) is 2.49. The summed E-state index contributed by atoms with van der Waals surface area (Å²) in [5.41, 5.74) is 1.08. The third kappa shape index (κ3) is 3.94. The quantitative estimate of drug-likeness (QED) is 0.685. The van der Waals surface area contributed by atoms with Gasteiger partial charge in [0, 0.05) is 33.4 Å². The molecular weight excluding hydrogens is 264 g/mol. The molecule has 0 atom stereocenters. The fourth-order valence-corrected chi connectivity index (χ4v) is 3.59. The lowest BCUT2D eigenvalue weighted by molar-refractivity contribution is 0.123. The van der Waals surface area contributed by atoms with E-state index in [0.29, 0.717) is 6.04 Å². The average molecular weight is 286 g/mol. The normalized spacial score (nSPS) is 11.4. The summed E-state index contributed by atoms with van der Waals surface area (Å²) in [5, 5.41) is 0. The van der Waals surface area contributed by atoms with Crippen LogP contribution in [0.15, 0.2) is 18.2 Å². The Morgan fingerprint density at radius 1 is 0.895 bits per heavy atom. The second-order valence-electron chi connectivity index (χ2n) is 3.97. The highest BCUT2D eigenvalue weighted by Gasteiger charge is 2.37. The van der Waals surface area contributed by atoms with Crippen LogP contribution in [0.3, 0.4) is 0 Å². The molecule has 0 N–H and O–H groups in total. The fourth-order valence-electron chi connectivity index (χ4n) is 1.90. The van der Waals surface area contributed by atoms with E-state index < -0.39 is 8.80 Å². The molecule has 6 heteroatoms. The first-order valence-electron chi connectivity index (χ1n) is 6.01. The lowest BCUT2D eigenvalue weighted by atomic mass is 10.1. The molecule has 0 spiro atoms. The van der Waals surface area contributed by atoms with Gasteiger partial charge in [-0.15, -0.1) is 0 Å². The van der Waals surface area contributed by atoms with Gasteiger partial charge in [0.15, 0.2) is 0 Å². The van der Waals surface area contributed by atoms with Crippen LogP contribution in [0.1, 0.15) is 5.56 Å². The molecule has 0 bridgehead atoms. The van der Waals surface area contributed by atoms with E-state index in [1.165, 1.54) is 0 Å². The molecule has 0 aliphatic heterocycles. The molecule has 0 fully saturated rings. The standard InChI is InChI=1S/C13H22O5Si/c1-14-12-7-6-11(13(10-12)15-2)8-9-19(16-3,17-4)18-5/h6-7,10H,8-9H2,1-5H3. The second-order valence-corrected chi connectivity index (χ2v) is 7.06. The van der Waals surface area contributed by atoms with Crippen molar-refractivity contribution in [1.29, 1.82) is 0 Å². The molecule has 108 valence electrons. The maximum Gasteiger partial charge on any atom is 0.500 e. The molecule has 1 aromatic rings. The van der Waals surface area contributed by atoms with Crippen LogP contribution < -0.4 is 9.47 Å². The van der Waals surface area contributed by atoms with Gasteiger partial charge in [0.1, 0.15) is 11.5 Å². The maximum absolute atomic E-state index is 5.41. The van der Waals surface area contributed by atoms with Crippen molar-refractivity contribution in [3.8, 4) is 11.5 Å². The highest BCUT2D eigenvalue weighted by Crippen LogP contribution is 2.27. The minimum atomic E-state index is -2.54. The van der Waals surface area contributed by atoms with Gasteiger partial charge in [-0.05, 0) is 18.1 Å². The first-order chi connectivity index (χ1) is 9.14. The summed E-state index contributed by atoms with van der Waals surface area (Å²) in [6, 6.07) is 6.45. The maximum atomic E-state index is 5.41. The summed E-state index contributed by atoms with van der Waals surface area (Å²) in [7, 11) is 5.58. The van der Waals surface area contributed by atoms with Crippen LogP contribution in [0.5, 0.6) is 11.5 Å². The van der Waals surface area contributed by atoms with Crippen molar-refractivity contribution in [2.75, 3.05) is 35.5 Å². The zero-order valence-corrected chi connectivity index (χ0v) is 13.2. The Labute approximate surface area is 115 Å². The van der Waals surface area contributed by atoms with E-state index in [1.807, 2.05) is 18.2 Å². The van der Waals surface area contributed by atoms with Gasteiger partial charge in [-0.25, -0.2) is 0 Å². The topological polar surface area (TPSA) is 46.2 Å². The van der Waals surface area contributed by atoms with E-state index in [0.717, 1.165) is 23.5 Å². The summed E-state index contributed by atoms with van der Waals surface area (Å²) in [6.07, 6.45) is 0.759. The van der Waals surface area contributed by atoms with Crippen molar-refractivity contribution in [3.63, 3.8) is 0 Å². The highest BCUT2D eigenvalue weighted by atomic mass is 28.4. The van der Waals surface area contributed by atoms with E-state index in [2.05, 4.69) is 0 Å². The number of ether oxygens (including phenoxy) is 2. The van der Waals surface area contributed by atoms with E-state index in [-0.39, 0.29) is 0 Å². The second kappa shape index (κ2) is 7.49. The van der Waals surface area contributed by atoms with Crippen LogP contribution in [0, 0.1) is 0 Å². The molecule has 0 heterocycles. The Morgan fingerprint density at radius 3 is 2.00 bits per heavy atom. The first kappa shape index (κ1) is 16.0. The Morgan fingerprint density at radius 2 is 1.53 bits per heavy atom. The van der Waals surface area contributed by atoms with Gasteiger partial charge in [0.25, 0.3) is 0 Å². The fraction of sp³-hybridized carbons (Fsp3) is 0.538. The third-order valence-electron chi connectivity index (χ3n) is 3.13. The zero-order chi connectivity index (χ0) is 14.3. The lowest BCUT2D eigenvalue weighted by Gasteiger charge is -2.24. The van der Waals surface area contributed by atoms with Crippen LogP contribution in [0.2, 0.25) is 6.04 Å². The van der Waals surface area contributed by atoms with Crippen LogP contribution >= 0.6 is 0 Å². The number of methoxy groups -OCH3 is 2. The minimum absolute atomic E-state index is 0.694. The molecule has 19 heavy (non-hydrogen) atoms. The molecule has 0 saturated heterocycles. The van der Waals surface area contributed by atoms with E-state index in [4.69, 9.17) is 22.8 Å². The van der Waals surface area contributed by atoms with Crippen molar-refractivity contribution in [1.82, 2.24) is 0 Å². The van der Waals surface area contributed by atoms with Crippen LogP contribution in [0.4, 0.5) is 0 Å². The summed E-state index contributed by atoms with van der Waals surface area (Å²) in [6.45, 7) is 0. The smallest absolute Gasteiger partial charge is 0.497 e. The summed E-state index contributed by atoms with van der Waals surface area (Å²) >= 11 is 0. The first-order valence-corrected chi connectivity index (χ1v) is 7.94. The molecule has 1 aromatic carbocycles. The molecule has 5 nitrogen and oxygen atoms in total. The number of hydrogen-bond acceptors (Lipinski definition) is 5. The van der Waals surface area contributed by atoms with E-state index in [9.17, 15) is 0 Å². The van der Waals surface area contributed by atoms with Gasteiger partial charge in [-0.2, -0.15) is 0 Å². The molecule has 0 aliphatic carbocycles. The molecule has 0 aliphatic rings. The molecular formula is C13H22O5Si. The number of rotatable bonds is 8. The van der Waals surface area contributed by atoms with Crippen molar-refractivity contribution in [2.45, 2.75) is 12.5 Å². The Balaban J connectivity index is 2.82. The Kier molecular flexibility index (Phi) is 6.30. The number of aryl methyl sites for hydroxylation is 1. The number of hydrogen-bond donors (Lipinski definition) is 0. The predicted octanol–water partition coefficient (Wildman–Crippen LogP) is 2.12. The molecule has 0 amide bonds. The largest absolute Gasteiger partial charge is 0.500 e. The van der Waals surface area contributed by atoms with Gasteiger partial charge in [-0.1, -0.05) is 6.07 Å². The van der Waals surface area contributed by atoms with Crippen LogP contribution in [-0.2, 0) is 19.7 Å². The number of benzene rings is 1. The van der Waals surface area contributed by atoms with Crippen molar-refractivity contribution in [3.05, 3.63) is 23.8 Å². The lowest BCUT2D eigenvalue weighted by Crippen LogP contribution is -2.43. The van der Waals surface area contributed by atoms with Crippen LogP contribution in [-0.4, -0.2) is 44.4 Å². The van der Waals surface area contributed by atoms with E-state index >= 15 is 0 Å². The highest BCUT2D eigenvalue weighted by molar-refractivity contribution is 6.60. The van der Waals surface area contributed by atoms with E-state index in [1.54, 1.807) is 35.5 Å². The molecule has 1 rings (SSSR count). The van der Waals surface area contributed by atoms with Gasteiger partial charge in [-0.3, -0.25) is 0 Å². The van der Waals surface area contributed by atoms with Crippen molar-refractivity contribution < 1.29 is 22.8 Å². The van der Waals surface area contributed by atoms with Crippen molar-refractivity contribution >= 4 is 8.80 Å². The molecule has 0 aromatic heterocycles. The third-order valence-corrected chi connectivity index (χ3v) is 5.86. The SMILES string of the molecule is COc1ccc(CC[Si](OC)(OC)OC)c(OC)c1.